The maximum atomic E-state index is 12.4. The zero-order valence-electron chi connectivity index (χ0n) is 10.8. The highest BCUT2D eigenvalue weighted by Crippen LogP contribution is 2.17. The van der Waals surface area contributed by atoms with Gasteiger partial charge < -0.3 is 9.80 Å². The van der Waals surface area contributed by atoms with Crippen LogP contribution in [0.15, 0.2) is 18.5 Å². The number of hydrogen-bond donors (Lipinski definition) is 0. The number of aromatic nitrogens is 1. The fourth-order valence-corrected chi connectivity index (χ4v) is 2.35. The van der Waals surface area contributed by atoms with Gasteiger partial charge in [0, 0.05) is 45.5 Å². The van der Waals surface area contributed by atoms with Crippen molar-refractivity contribution < 1.29 is 9.59 Å². The first kappa shape index (κ1) is 13.8. The number of carbonyl (C=O) groups excluding carboxylic acids is 2. The SMILES string of the molecule is CC(=O)N1CCCN(C(=O)c2ccncc2Cl)CC1. The summed E-state index contributed by atoms with van der Waals surface area (Å²) in [5.74, 6) is -0.0472. The second-order valence-electron chi connectivity index (χ2n) is 4.51. The summed E-state index contributed by atoms with van der Waals surface area (Å²) in [4.78, 5) is 31.1. The van der Waals surface area contributed by atoms with Crippen LogP contribution in [0.3, 0.4) is 0 Å². The Hall–Kier alpha value is -1.62. The van der Waals surface area contributed by atoms with Crippen molar-refractivity contribution in [3.05, 3.63) is 29.0 Å². The minimum Gasteiger partial charge on any atom is -0.341 e. The van der Waals surface area contributed by atoms with E-state index < -0.39 is 0 Å². The fraction of sp³-hybridized carbons (Fsp3) is 0.462. The van der Waals surface area contributed by atoms with Gasteiger partial charge >= 0.3 is 0 Å². The molecule has 2 heterocycles. The molecule has 1 saturated heterocycles. The first-order valence-corrected chi connectivity index (χ1v) is 6.61. The van der Waals surface area contributed by atoms with Crippen molar-refractivity contribution in [1.82, 2.24) is 14.8 Å². The summed E-state index contributed by atoms with van der Waals surface area (Å²) in [7, 11) is 0. The van der Waals surface area contributed by atoms with Crippen LogP contribution in [0.2, 0.25) is 5.02 Å². The van der Waals surface area contributed by atoms with Crippen LogP contribution in [0, 0.1) is 0 Å². The van der Waals surface area contributed by atoms with Crippen LogP contribution in [0.1, 0.15) is 23.7 Å². The van der Waals surface area contributed by atoms with Crippen LogP contribution < -0.4 is 0 Å². The summed E-state index contributed by atoms with van der Waals surface area (Å²) >= 11 is 5.98. The predicted molar refractivity (Wildman–Crippen MR) is 72.0 cm³/mol. The molecule has 0 radical (unpaired) electrons. The van der Waals surface area contributed by atoms with Crippen LogP contribution >= 0.6 is 11.6 Å². The molecule has 1 aliphatic heterocycles. The van der Waals surface area contributed by atoms with Gasteiger partial charge in [-0.15, -0.1) is 0 Å². The Morgan fingerprint density at radius 3 is 2.58 bits per heavy atom. The van der Waals surface area contributed by atoms with E-state index in [4.69, 9.17) is 11.6 Å². The number of amides is 2. The second kappa shape index (κ2) is 6.02. The molecule has 19 heavy (non-hydrogen) atoms. The van der Waals surface area contributed by atoms with Crippen LogP contribution in [0.25, 0.3) is 0 Å². The average Bonchev–Trinajstić information content (AvgIpc) is 2.64. The van der Waals surface area contributed by atoms with Gasteiger partial charge in [-0.3, -0.25) is 14.6 Å². The van der Waals surface area contributed by atoms with Gasteiger partial charge in [0.1, 0.15) is 0 Å². The molecule has 0 atom stereocenters. The molecule has 5 nitrogen and oxygen atoms in total. The number of pyridine rings is 1. The van der Waals surface area contributed by atoms with Crippen LogP contribution in [-0.2, 0) is 4.79 Å². The van der Waals surface area contributed by atoms with E-state index in [0.717, 1.165) is 6.42 Å². The normalized spacial score (nSPS) is 16.1. The van der Waals surface area contributed by atoms with Gasteiger partial charge in [0.15, 0.2) is 0 Å². The van der Waals surface area contributed by atoms with Crippen molar-refractivity contribution in [2.45, 2.75) is 13.3 Å². The number of halogens is 1. The van der Waals surface area contributed by atoms with Gasteiger partial charge in [-0.05, 0) is 12.5 Å². The van der Waals surface area contributed by atoms with E-state index in [-0.39, 0.29) is 11.8 Å². The van der Waals surface area contributed by atoms with Gasteiger partial charge in [-0.25, -0.2) is 0 Å². The van der Waals surface area contributed by atoms with Gasteiger partial charge in [0.2, 0.25) is 5.91 Å². The Morgan fingerprint density at radius 2 is 1.89 bits per heavy atom. The summed E-state index contributed by atoms with van der Waals surface area (Å²) in [6.45, 7) is 4.00. The average molecular weight is 282 g/mol. The summed E-state index contributed by atoms with van der Waals surface area (Å²) in [6.07, 6.45) is 3.81. The van der Waals surface area contributed by atoms with Crippen LogP contribution in [0.4, 0.5) is 0 Å². The highest BCUT2D eigenvalue weighted by molar-refractivity contribution is 6.33. The van der Waals surface area contributed by atoms with Crippen molar-refractivity contribution in [2.75, 3.05) is 26.2 Å². The summed E-state index contributed by atoms with van der Waals surface area (Å²) < 4.78 is 0. The molecule has 0 aromatic carbocycles. The zero-order chi connectivity index (χ0) is 13.8. The molecule has 0 unspecified atom stereocenters. The molecule has 0 saturated carbocycles. The molecule has 0 N–H and O–H groups in total. The van der Waals surface area contributed by atoms with Crippen molar-refractivity contribution in [3.63, 3.8) is 0 Å². The lowest BCUT2D eigenvalue weighted by molar-refractivity contribution is -0.128. The van der Waals surface area contributed by atoms with Gasteiger partial charge in [-0.2, -0.15) is 0 Å². The molecular weight excluding hydrogens is 266 g/mol. The molecule has 2 rings (SSSR count). The number of nitrogens with zero attached hydrogens (tertiary/aromatic N) is 3. The molecular formula is C13H16ClN3O2. The highest BCUT2D eigenvalue weighted by Gasteiger charge is 2.22. The molecule has 0 spiro atoms. The fourth-order valence-electron chi connectivity index (χ4n) is 2.15. The Morgan fingerprint density at radius 1 is 1.21 bits per heavy atom. The van der Waals surface area contributed by atoms with E-state index in [9.17, 15) is 9.59 Å². The molecule has 1 aromatic rings. The van der Waals surface area contributed by atoms with Crippen LogP contribution in [0.5, 0.6) is 0 Å². The maximum absolute atomic E-state index is 12.4. The third kappa shape index (κ3) is 3.23. The summed E-state index contributed by atoms with van der Waals surface area (Å²) in [6, 6.07) is 1.62. The van der Waals surface area contributed by atoms with E-state index in [1.807, 2.05) is 0 Å². The monoisotopic (exact) mass is 281 g/mol. The van der Waals surface area contributed by atoms with E-state index in [0.29, 0.717) is 36.8 Å². The van der Waals surface area contributed by atoms with Crippen molar-refractivity contribution in [2.24, 2.45) is 0 Å². The quantitative estimate of drug-likeness (QED) is 0.782. The van der Waals surface area contributed by atoms with E-state index in [2.05, 4.69) is 4.98 Å². The van der Waals surface area contributed by atoms with E-state index in [1.54, 1.807) is 29.0 Å². The van der Waals surface area contributed by atoms with Gasteiger partial charge in [0.05, 0.1) is 10.6 Å². The number of hydrogen-bond acceptors (Lipinski definition) is 3. The van der Waals surface area contributed by atoms with Gasteiger partial charge in [0.25, 0.3) is 5.91 Å². The minimum atomic E-state index is -0.0993. The molecule has 0 aliphatic carbocycles. The minimum absolute atomic E-state index is 0.0521. The summed E-state index contributed by atoms with van der Waals surface area (Å²) in [5, 5.41) is 0.361. The highest BCUT2D eigenvalue weighted by atomic mass is 35.5. The van der Waals surface area contributed by atoms with Crippen molar-refractivity contribution in [3.8, 4) is 0 Å². The van der Waals surface area contributed by atoms with Gasteiger partial charge in [-0.1, -0.05) is 11.6 Å². The first-order valence-electron chi connectivity index (χ1n) is 6.24. The topological polar surface area (TPSA) is 53.5 Å². The standard InChI is InChI=1S/C13H16ClN3O2/c1-10(18)16-5-2-6-17(8-7-16)13(19)11-3-4-15-9-12(11)14/h3-4,9H,2,5-8H2,1H3. The molecule has 102 valence electrons. The summed E-state index contributed by atoms with van der Waals surface area (Å²) in [5.41, 5.74) is 0.466. The molecule has 1 fully saturated rings. The molecule has 0 bridgehead atoms. The molecule has 2 amide bonds. The smallest absolute Gasteiger partial charge is 0.255 e. The second-order valence-corrected chi connectivity index (χ2v) is 4.91. The maximum Gasteiger partial charge on any atom is 0.255 e. The molecule has 1 aromatic heterocycles. The third-order valence-electron chi connectivity index (χ3n) is 3.23. The zero-order valence-corrected chi connectivity index (χ0v) is 11.6. The lowest BCUT2D eigenvalue weighted by Gasteiger charge is -2.21. The lowest BCUT2D eigenvalue weighted by Crippen LogP contribution is -2.36. The Kier molecular flexibility index (Phi) is 4.37. The Balaban J connectivity index is 2.08. The van der Waals surface area contributed by atoms with E-state index >= 15 is 0 Å². The molecule has 1 aliphatic rings. The van der Waals surface area contributed by atoms with Crippen LogP contribution in [-0.4, -0.2) is 52.8 Å². The third-order valence-corrected chi connectivity index (χ3v) is 3.53. The Labute approximate surface area is 117 Å². The Bertz CT molecular complexity index is 493. The first-order chi connectivity index (χ1) is 9.09. The predicted octanol–water partition coefficient (Wildman–Crippen LogP) is 1.43. The van der Waals surface area contributed by atoms with Crippen molar-refractivity contribution >= 4 is 23.4 Å². The number of carbonyl (C=O) groups is 2. The number of rotatable bonds is 1. The molecule has 6 heteroatoms. The largest absolute Gasteiger partial charge is 0.341 e. The van der Waals surface area contributed by atoms with Crippen molar-refractivity contribution in [1.29, 1.82) is 0 Å². The lowest BCUT2D eigenvalue weighted by atomic mass is 10.2. The van der Waals surface area contributed by atoms with E-state index in [1.165, 1.54) is 6.20 Å².